The zero-order chi connectivity index (χ0) is 8.54. The molecule has 0 amide bonds. The molecule has 1 aliphatic rings. The molecule has 0 aromatic carbocycles. The van der Waals surface area contributed by atoms with E-state index in [9.17, 15) is 8.42 Å². The zero-order valence-corrected chi connectivity index (χ0v) is 7.06. The summed E-state index contributed by atoms with van der Waals surface area (Å²) in [5.41, 5.74) is -0.687. The largest absolute Gasteiger partial charge is 0.375 e. The molecule has 0 atom stereocenters. The smallest absolute Gasteiger partial charge is 0.333 e. The van der Waals surface area contributed by atoms with E-state index in [-0.39, 0.29) is 0 Å². The highest BCUT2D eigenvalue weighted by Gasteiger charge is 2.41. The van der Waals surface area contributed by atoms with Crippen molar-refractivity contribution in [3.8, 4) is 0 Å². The second-order valence-electron chi connectivity index (χ2n) is 2.61. The molecule has 6 heteroatoms. The topological polar surface area (TPSA) is 78.6 Å². The van der Waals surface area contributed by atoms with Gasteiger partial charge in [-0.05, 0) is 6.42 Å². The normalized spacial score (nSPS) is 22.7. The lowest BCUT2D eigenvalue weighted by molar-refractivity contribution is -0.159. The SMILES string of the molecule is CCC1(OS(N)(=O)=O)COC1. The molecule has 2 N–H and O–H groups in total. The van der Waals surface area contributed by atoms with E-state index in [4.69, 9.17) is 9.88 Å². The average Bonchev–Trinajstić information content (AvgIpc) is 1.77. The molecular formula is C5H11NO4S. The quantitative estimate of drug-likeness (QED) is 0.629. The van der Waals surface area contributed by atoms with Crippen molar-refractivity contribution in [1.82, 2.24) is 0 Å². The molecule has 5 nitrogen and oxygen atoms in total. The van der Waals surface area contributed by atoms with Gasteiger partial charge in [-0.25, -0.2) is 9.32 Å². The Morgan fingerprint density at radius 2 is 2.18 bits per heavy atom. The van der Waals surface area contributed by atoms with Crippen molar-refractivity contribution in [2.45, 2.75) is 18.9 Å². The molecule has 1 saturated heterocycles. The lowest BCUT2D eigenvalue weighted by Gasteiger charge is -2.38. The maximum atomic E-state index is 10.5. The van der Waals surface area contributed by atoms with E-state index in [0.29, 0.717) is 19.6 Å². The summed E-state index contributed by atoms with van der Waals surface area (Å²) in [4.78, 5) is 0. The molecule has 1 heterocycles. The van der Waals surface area contributed by atoms with Crippen LogP contribution in [0.5, 0.6) is 0 Å². The van der Waals surface area contributed by atoms with E-state index < -0.39 is 15.9 Å². The lowest BCUT2D eigenvalue weighted by Crippen LogP contribution is -2.53. The van der Waals surface area contributed by atoms with Crippen molar-refractivity contribution in [2.75, 3.05) is 13.2 Å². The lowest BCUT2D eigenvalue weighted by atomic mass is 10.00. The molecular weight excluding hydrogens is 170 g/mol. The Bertz CT molecular complexity index is 225. The van der Waals surface area contributed by atoms with Crippen molar-refractivity contribution in [3.63, 3.8) is 0 Å². The van der Waals surface area contributed by atoms with Gasteiger partial charge in [-0.15, -0.1) is 0 Å². The van der Waals surface area contributed by atoms with Crippen LogP contribution in [0.25, 0.3) is 0 Å². The Hall–Kier alpha value is -0.170. The molecule has 0 radical (unpaired) electrons. The van der Waals surface area contributed by atoms with Crippen LogP contribution in [-0.2, 0) is 19.2 Å². The molecule has 0 unspecified atom stereocenters. The Morgan fingerprint density at radius 3 is 2.27 bits per heavy atom. The Balaban J connectivity index is 2.59. The maximum Gasteiger partial charge on any atom is 0.333 e. The third kappa shape index (κ3) is 2.13. The standard InChI is InChI=1S/C5H11NO4S/c1-2-5(3-9-4-5)10-11(6,7)8/h2-4H2,1H3,(H2,6,7,8). The summed E-state index contributed by atoms with van der Waals surface area (Å²) in [6.45, 7) is 2.44. The molecule has 66 valence electrons. The second kappa shape index (κ2) is 2.71. The minimum atomic E-state index is -3.83. The van der Waals surface area contributed by atoms with E-state index in [1.165, 1.54) is 0 Å². The van der Waals surface area contributed by atoms with Crippen LogP contribution in [0.15, 0.2) is 0 Å². The fraction of sp³-hybridized carbons (Fsp3) is 1.00. The van der Waals surface area contributed by atoms with Gasteiger partial charge in [-0.3, -0.25) is 0 Å². The highest BCUT2D eigenvalue weighted by atomic mass is 32.2. The van der Waals surface area contributed by atoms with Gasteiger partial charge in [0.05, 0.1) is 13.2 Å². The van der Waals surface area contributed by atoms with Crippen molar-refractivity contribution < 1.29 is 17.3 Å². The maximum absolute atomic E-state index is 10.5. The number of rotatable bonds is 3. The summed E-state index contributed by atoms with van der Waals surface area (Å²) in [5, 5.41) is 4.70. The van der Waals surface area contributed by atoms with Crippen LogP contribution in [0.3, 0.4) is 0 Å². The molecule has 11 heavy (non-hydrogen) atoms. The minimum absolute atomic E-state index is 0.305. The van der Waals surface area contributed by atoms with Crippen LogP contribution in [0.4, 0.5) is 0 Å². The predicted octanol–water partition coefficient (Wildman–Crippen LogP) is -0.614. The number of nitrogens with two attached hydrogens (primary N) is 1. The molecule has 0 aromatic rings. The van der Waals surface area contributed by atoms with E-state index in [1.807, 2.05) is 6.92 Å². The van der Waals surface area contributed by atoms with Crippen LogP contribution in [0.2, 0.25) is 0 Å². The third-order valence-electron chi connectivity index (χ3n) is 1.67. The van der Waals surface area contributed by atoms with E-state index in [0.717, 1.165) is 0 Å². The highest BCUT2D eigenvalue weighted by Crippen LogP contribution is 2.26. The Kier molecular flexibility index (Phi) is 2.19. The van der Waals surface area contributed by atoms with Crippen LogP contribution >= 0.6 is 0 Å². The molecule has 0 spiro atoms. The van der Waals surface area contributed by atoms with E-state index in [1.54, 1.807) is 0 Å². The second-order valence-corrected chi connectivity index (χ2v) is 3.76. The summed E-state index contributed by atoms with van der Waals surface area (Å²) < 4.78 is 30.5. The first-order chi connectivity index (χ1) is 4.97. The summed E-state index contributed by atoms with van der Waals surface area (Å²) >= 11 is 0. The van der Waals surface area contributed by atoms with Crippen LogP contribution < -0.4 is 5.14 Å². The highest BCUT2D eigenvalue weighted by molar-refractivity contribution is 7.84. The first-order valence-corrected chi connectivity index (χ1v) is 4.76. The van der Waals surface area contributed by atoms with Gasteiger partial charge >= 0.3 is 10.3 Å². The predicted molar refractivity (Wildman–Crippen MR) is 38.0 cm³/mol. The number of hydrogen-bond acceptors (Lipinski definition) is 4. The van der Waals surface area contributed by atoms with E-state index >= 15 is 0 Å². The first-order valence-electron chi connectivity index (χ1n) is 3.28. The van der Waals surface area contributed by atoms with Crippen molar-refractivity contribution in [3.05, 3.63) is 0 Å². The van der Waals surface area contributed by atoms with Gasteiger partial charge in [0.15, 0.2) is 0 Å². The van der Waals surface area contributed by atoms with Crippen LogP contribution in [-0.4, -0.2) is 27.2 Å². The van der Waals surface area contributed by atoms with Gasteiger partial charge in [0.2, 0.25) is 0 Å². The first kappa shape index (κ1) is 8.92. The zero-order valence-electron chi connectivity index (χ0n) is 6.24. The number of hydrogen-bond donors (Lipinski definition) is 1. The fourth-order valence-electron chi connectivity index (χ4n) is 0.887. The molecule has 0 bridgehead atoms. The number of ether oxygens (including phenoxy) is 1. The molecule has 1 fully saturated rings. The molecule has 0 aliphatic carbocycles. The van der Waals surface area contributed by atoms with Crippen molar-refractivity contribution >= 4 is 10.3 Å². The van der Waals surface area contributed by atoms with Gasteiger partial charge in [-0.1, -0.05) is 6.92 Å². The summed E-state index contributed by atoms with van der Waals surface area (Å²) in [5.74, 6) is 0. The monoisotopic (exact) mass is 181 g/mol. The fourth-order valence-corrected chi connectivity index (χ4v) is 1.59. The van der Waals surface area contributed by atoms with Gasteiger partial charge in [-0.2, -0.15) is 8.42 Å². The van der Waals surface area contributed by atoms with Gasteiger partial charge in [0.25, 0.3) is 0 Å². The van der Waals surface area contributed by atoms with Gasteiger partial charge < -0.3 is 4.74 Å². The molecule has 1 aliphatic heterocycles. The van der Waals surface area contributed by atoms with Crippen LogP contribution in [0, 0.1) is 0 Å². The molecule has 0 aromatic heterocycles. The van der Waals surface area contributed by atoms with Gasteiger partial charge in [0, 0.05) is 0 Å². The summed E-state index contributed by atoms with van der Waals surface area (Å²) in [6.07, 6.45) is 0.587. The third-order valence-corrected chi connectivity index (χ3v) is 2.25. The van der Waals surface area contributed by atoms with Gasteiger partial charge in [0.1, 0.15) is 5.60 Å². The summed E-state index contributed by atoms with van der Waals surface area (Å²) in [7, 11) is -3.83. The average molecular weight is 181 g/mol. The van der Waals surface area contributed by atoms with Crippen molar-refractivity contribution in [2.24, 2.45) is 5.14 Å². The molecule has 1 rings (SSSR count). The Labute approximate surface area is 65.7 Å². The summed E-state index contributed by atoms with van der Waals surface area (Å²) in [6, 6.07) is 0. The van der Waals surface area contributed by atoms with Crippen molar-refractivity contribution in [1.29, 1.82) is 0 Å². The van der Waals surface area contributed by atoms with Crippen LogP contribution in [0.1, 0.15) is 13.3 Å². The van der Waals surface area contributed by atoms with E-state index in [2.05, 4.69) is 4.18 Å². The minimum Gasteiger partial charge on any atom is -0.375 e. The molecule has 0 saturated carbocycles. The Morgan fingerprint density at radius 1 is 1.64 bits per heavy atom.